The second-order valence-electron chi connectivity index (χ2n) is 16.6. The molecule has 4 heterocycles. The van der Waals surface area contributed by atoms with Crippen LogP contribution in [0, 0.1) is 11.8 Å². The molecule has 0 spiro atoms. The van der Waals surface area contributed by atoms with E-state index in [2.05, 4.69) is 71.6 Å². The maximum atomic E-state index is 12.9. The highest BCUT2D eigenvalue weighted by Gasteiger charge is 2.43. The van der Waals surface area contributed by atoms with Crippen LogP contribution in [0.4, 0.5) is 0 Å². The van der Waals surface area contributed by atoms with E-state index >= 15 is 0 Å². The van der Waals surface area contributed by atoms with E-state index in [1.54, 1.807) is 0 Å². The number of carboxylic acid groups (broad SMARTS) is 2. The summed E-state index contributed by atoms with van der Waals surface area (Å²) in [5, 5.41) is 32.5. The molecular formula is C46H64N6O8. The van der Waals surface area contributed by atoms with Crippen molar-refractivity contribution in [1.29, 1.82) is 0 Å². The SMILES string of the molecule is CCN(CC)CCC1C=CC2=NC3=C(CCCCC3)N3CC(=O)C1=C23.CCN(CC)CCC1C=CC2=NC3=C(CCCCC3)N3CC(=O)C1=C23.O=C(O)[C@H](O)[C@@H](O)C(=O)O. The Morgan fingerprint density at radius 1 is 0.633 bits per heavy atom. The lowest BCUT2D eigenvalue weighted by atomic mass is 9.86. The number of hydrogen-bond donors (Lipinski definition) is 4. The van der Waals surface area contributed by atoms with E-state index in [0.717, 1.165) is 112 Å². The third-order valence-electron chi connectivity index (χ3n) is 13.0. The maximum absolute atomic E-state index is 12.9. The largest absolute Gasteiger partial charge is 0.479 e. The van der Waals surface area contributed by atoms with Crippen LogP contribution >= 0.6 is 0 Å². The Balaban J connectivity index is 0.000000165. The number of allylic oxidation sites excluding steroid dienone is 8. The monoisotopic (exact) mass is 828 g/mol. The number of aliphatic hydroxyl groups excluding tert-OH is 2. The smallest absolute Gasteiger partial charge is 0.335 e. The third kappa shape index (κ3) is 9.67. The van der Waals surface area contributed by atoms with Crippen molar-refractivity contribution < 1.29 is 39.6 Å². The van der Waals surface area contributed by atoms with E-state index in [1.807, 2.05) is 0 Å². The molecule has 2 unspecified atom stereocenters. The molecule has 60 heavy (non-hydrogen) atoms. The van der Waals surface area contributed by atoms with Crippen molar-refractivity contribution in [3.63, 3.8) is 0 Å². The van der Waals surface area contributed by atoms with Crippen LogP contribution in [0.5, 0.6) is 0 Å². The maximum Gasteiger partial charge on any atom is 0.335 e. The molecule has 8 rings (SSSR count). The molecule has 326 valence electrons. The van der Waals surface area contributed by atoms with Crippen molar-refractivity contribution in [2.75, 3.05) is 52.4 Å². The minimum Gasteiger partial charge on any atom is -0.479 e. The zero-order chi connectivity index (χ0) is 43.1. The summed E-state index contributed by atoms with van der Waals surface area (Å²) in [6.07, 6.45) is 18.0. The molecular weight excluding hydrogens is 765 g/mol. The molecule has 4 atom stereocenters. The predicted molar refractivity (Wildman–Crippen MR) is 230 cm³/mol. The summed E-state index contributed by atoms with van der Waals surface area (Å²) in [4.78, 5) is 64.7. The number of aliphatic hydroxyl groups is 2. The molecule has 0 fully saturated rings. The molecule has 8 aliphatic rings. The Bertz CT molecular complexity index is 1810. The standard InChI is InChI=1S/2C21H29N3O.C4H6O6/c2*1-3-23(4-2)13-12-15-10-11-17-21-20(15)19(25)14-24(21)18-9-7-5-6-8-16(18)22-17;5-1(3(7)8)2(6)4(9)10/h2*10-11,15H,3-9,12-14H2,1-2H3;1-2,5-6H,(H,7,8)(H,9,10)/t;;1-,2-/m..1/s1. The van der Waals surface area contributed by atoms with Gasteiger partial charge in [-0.3, -0.25) is 9.59 Å². The highest BCUT2D eigenvalue weighted by Crippen LogP contribution is 2.44. The van der Waals surface area contributed by atoms with Crippen LogP contribution in [0.1, 0.15) is 105 Å². The summed E-state index contributed by atoms with van der Waals surface area (Å²) < 4.78 is 0. The molecule has 0 aromatic heterocycles. The molecule has 0 radical (unpaired) electrons. The average Bonchev–Trinajstić information content (AvgIpc) is 3.53. The zero-order valence-electron chi connectivity index (χ0n) is 35.9. The number of ketones is 2. The van der Waals surface area contributed by atoms with Gasteiger partial charge in [-0.2, -0.15) is 0 Å². The number of rotatable bonds is 13. The number of Topliss-reactive ketones (excluding diaryl/α,β-unsaturated/α-hetero) is 2. The average molecular weight is 829 g/mol. The van der Waals surface area contributed by atoms with Gasteiger partial charge in [-0.05, 0) is 116 Å². The number of fused-ring (bicyclic) bond motifs is 2. The molecule has 14 heteroatoms. The molecule has 14 nitrogen and oxygen atoms in total. The first-order chi connectivity index (χ1) is 28.9. The summed E-state index contributed by atoms with van der Waals surface area (Å²) in [6.45, 7) is 16.3. The van der Waals surface area contributed by atoms with Gasteiger partial charge in [0.1, 0.15) is 0 Å². The first kappa shape index (κ1) is 45.0. The van der Waals surface area contributed by atoms with Crippen LogP contribution in [0.3, 0.4) is 0 Å². The van der Waals surface area contributed by atoms with Gasteiger partial charge in [-0.15, -0.1) is 0 Å². The fourth-order valence-electron chi connectivity index (χ4n) is 9.58. The van der Waals surface area contributed by atoms with Gasteiger partial charge in [0.2, 0.25) is 0 Å². The quantitative estimate of drug-likeness (QED) is 0.190. The van der Waals surface area contributed by atoms with Crippen LogP contribution in [0.2, 0.25) is 0 Å². The normalized spacial score (nSPS) is 23.8. The van der Waals surface area contributed by atoms with Gasteiger partial charge in [-0.25, -0.2) is 19.6 Å². The lowest BCUT2D eigenvalue weighted by Crippen LogP contribution is -2.39. The predicted octanol–water partition coefficient (Wildman–Crippen LogP) is 5.22. The van der Waals surface area contributed by atoms with Crippen molar-refractivity contribution in [3.05, 3.63) is 69.6 Å². The lowest BCUT2D eigenvalue weighted by molar-refractivity contribution is -0.165. The molecule has 0 aromatic carbocycles. The second kappa shape index (κ2) is 20.4. The molecule has 0 aromatic rings. The minimum absolute atomic E-state index is 0.250. The van der Waals surface area contributed by atoms with E-state index in [0.29, 0.717) is 24.7 Å². The van der Waals surface area contributed by atoms with Crippen molar-refractivity contribution in [2.45, 2.75) is 117 Å². The van der Waals surface area contributed by atoms with Crippen molar-refractivity contribution in [2.24, 2.45) is 21.8 Å². The van der Waals surface area contributed by atoms with Crippen molar-refractivity contribution in [3.8, 4) is 0 Å². The summed E-state index contributed by atoms with van der Waals surface area (Å²) in [7, 11) is 0. The number of carbonyl (C=O) groups excluding carboxylic acids is 2. The van der Waals surface area contributed by atoms with Gasteiger partial charge in [0.25, 0.3) is 0 Å². The van der Waals surface area contributed by atoms with E-state index in [9.17, 15) is 19.2 Å². The van der Waals surface area contributed by atoms with Gasteiger partial charge in [0.15, 0.2) is 23.8 Å². The fraction of sp³-hybridized carbons (Fsp3) is 0.609. The van der Waals surface area contributed by atoms with Gasteiger partial charge in [0.05, 0.1) is 47.3 Å². The third-order valence-corrected chi connectivity index (χ3v) is 13.0. The first-order valence-corrected chi connectivity index (χ1v) is 22.3. The zero-order valence-corrected chi connectivity index (χ0v) is 35.9. The van der Waals surface area contributed by atoms with E-state index < -0.39 is 24.1 Å². The summed E-state index contributed by atoms with van der Waals surface area (Å²) in [6, 6.07) is 0. The Labute approximate surface area is 354 Å². The highest BCUT2D eigenvalue weighted by molar-refractivity contribution is 6.20. The number of nitrogens with zero attached hydrogens (tertiary/aromatic N) is 6. The van der Waals surface area contributed by atoms with Crippen molar-refractivity contribution in [1.82, 2.24) is 19.6 Å². The number of carbonyl (C=O) groups is 4. The van der Waals surface area contributed by atoms with Crippen LogP contribution in [0.25, 0.3) is 0 Å². The first-order valence-electron chi connectivity index (χ1n) is 22.3. The second-order valence-corrected chi connectivity index (χ2v) is 16.6. The summed E-state index contributed by atoms with van der Waals surface area (Å²) in [5.74, 6) is -2.41. The Morgan fingerprint density at radius 2 is 1.00 bits per heavy atom. The van der Waals surface area contributed by atoms with Gasteiger partial charge < -0.3 is 40.0 Å². The van der Waals surface area contributed by atoms with E-state index in [4.69, 9.17) is 30.4 Å². The summed E-state index contributed by atoms with van der Waals surface area (Å²) >= 11 is 0. The molecule has 0 saturated carbocycles. The van der Waals surface area contributed by atoms with Crippen LogP contribution < -0.4 is 0 Å². The molecule has 4 N–H and O–H groups in total. The fourth-order valence-corrected chi connectivity index (χ4v) is 9.58. The molecule has 0 amide bonds. The van der Waals surface area contributed by atoms with Crippen LogP contribution in [-0.4, -0.2) is 140 Å². The lowest BCUT2D eigenvalue weighted by Gasteiger charge is -2.32. The van der Waals surface area contributed by atoms with E-state index in [-0.39, 0.29) is 11.8 Å². The number of aliphatic imine (C=N–C) groups is 2. The van der Waals surface area contributed by atoms with Gasteiger partial charge in [0, 0.05) is 34.4 Å². The van der Waals surface area contributed by atoms with Crippen molar-refractivity contribution >= 4 is 34.9 Å². The number of carboxylic acids is 2. The van der Waals surface area contributed by atoms with E-state index in [1.165, 1.54) is 61.3 Å². The number of hydrogen-bond acceptors (Lipinski definition) is 12. The summed E-state index contributed by atoms with van der Waals surface area (Å²) in [5.41, 5.74) is 11.5. The minimum atomic E-state index is -2.27. The van der Waals surface area contributed by atoms with Gasteiger partial charge in [-0.1, -0.05) is 52.7 Å². The van der Waals surface area contributed by atoms with Crippen LogP contribution in [-0.2, 0) is 19.2 Å². The number of aliphatic carboxylic acids is 2. The molecule has 4 aliphatic heterocycles. The van der Waals surface area contributed by atoms with Gasteiger partial charge >= 0.3 is 11.9 Å². The molecule has 0 bridgehead atoms. The highest BCUT2D eigenvalue weighted by atomic mass is 16.4. The Hall–Kier alpha value is -4.50. The Morgan fingerprint density at radius 3 is 1.35 bits per heavy atom. The van der Waals surface area contributed by atoms with Crippen LogP contribution in [0.15, 0.2) is 79.6 Å². The molecule has 4 aliphatic carbocycles. The topological polar surface area (TPSA) is 187 Å². The molecule has 0 saturated heterocycles. The Kier molecular flexibility index (Phi) is 15.3.